The van der Waals surface area contributed by atoms with Crippen molar-refractivity contribution in [3.8, 4) is 0 Å². The normalized spacial score (nSPS) is 26.4. The molecule has 5 nitrogen and oxygen atoms in total. The van der Waals surface area contributed by atoms with Crippen LogP contribution in [-0.2, 0) is 16.1 Å². The fraction of sp³-hybridized carbons (Fsp3) is 0.619. The Labute approximate surface area is 155 Å². The standard InChI is InChI=1S/C21H30N2O3/c1-2-3-11-18(19(24)25)22-20(26)21-12-7-10-17(21)14-23(15-21)13-16-8-5-4-6-9-16/h4-6,8-9,17-18H,2-3,7,10-15H2,1H3,(H,22,26)(H,24,25)/t17-,18?,21-/m1/s1. The zero-order chi connectivity index (χ0) is 18.6. The Morgan fingerprint density at radius 2 is 2.12 bits per heavy atom. The predicted molar refractivity (Wildman–Crippen MR) is 101 cm³/mol. The SMILES string of the molecule is CCCCC(NC(=O)[C@@]12CCC[C@@H]1CN(Cc1ccccc1)C2)C(=O)O. The summed E-state index contributed by atoms with van der Waals surface area (Å²) in [7, 11) is 0. The molecule has 1 aromatic carbocycles. The number of hydrogen-bond acceptors (Lipinski definition) is 3. The van der Waals surface area contributed by atoms with Gasteiger partial charge in [-0.1, -0.05) is 56.5 Å². The number of aliphatic carboxylic acids is 1. The lowest BCUT2D eigenvalue weighted by Crippen LogP contribution is -2.50. The highest BCUT2D eigenvalue weighted by atomic mass is 16.4. The van der Waals surface area contributed by atoms with E-state index in [0.717, 1.165) is 51.7 Å². The molecule has 1 saturated heterocycles. The molecule has 1 aromatic rings. The lowest BCUT2D eigenvalue weighted by Gasteiger charge is -2.29. The number of benzene rings is 1. The molecule has 1 unspecified atom stereocenters. The molecule has 1 heterocycles. The summed E-state index contributed by atoms with van der Waals surface area (Å²) in [5.41, 5.74) is 0.851. The molecule has 3 atom stereocenters. The number of carboxylic acids is 1. The van der Waals surface area contributed by atoms with Gasteiger partial charge in [0, 0.05) is 19.6 Å². The molecule has 0 bridgehead atoms. The van der Waals surface area contributed by atoms with Gasteiger partial charge in [-0.15, -0.1) is 0 Å². The number of carbonyl (C=O) groups excluding carboxylic acids is 1. The zero-order valence-corrected chi connectivity index (χ0v) is 15.6. The predicted octanol–water partition coefficient (Wildman–Crippen LogP) is 3.05. The van der Waals surface area contributed by atoms with E-state index in [9.17, 15) is 14.7 Å². The van der Waals surface area contributed by atoms with Crippen LogP contribution in [0.25, 0.3) is 0 Å². The topological polar surface area (TPSA) is 69.6 Å². The van der Waals surface area contributed by atoms with Gasteiger partial charge in [0.05, 0.1) is 5.41 Å². The van der Waals surface area contributed by atoms with Crippen LogP contribution < -0.4 is 5.32 Å². The monoisotopic (exact) mass is 358 g/mol. The highest BCUT2D eigenvalue weighted by Crippen LogP contribution is 2.49. The number of nitrogens with zero attached hydrogens (tertiary/aromatic N) is 1. The molecular formula is C21H30N2O3. The minimum atomic E-state index is -0.920. The molecule has 2 N–H and O–H groups in total. The molecule has 1 saturated carbocycles. The van der Waals surface area contributed by atoms with Crippen LogP contribution in [0.1, 0.15) is 51.0 Å². The van der Waals surface area contributed by atoms with E-state index >= 15 is 0 Å². The van der Waals surface area contributed by atoms with Gasteiger partial charge in [-0.2, -0.15) is 0 Å². The number of amides is 1. The number of fused-ring (bicyclic) bond motifs is 1. The summed E-state index contributed by atoms with van der Waals surface area (Å²) in [4.78, 5) is 27.0. The van der Waals surface area contributed by atoms with Crippen LogP contribution in [0.4, 0.5) is 0 Å². The van der Waals surface area contributed by atoms with Crippen molar-refractivity contribution in [1.29, 1.82) is 0 Å². The molecular weight excluding hydrogens is 328 g/mol. The minimum Gasteiger partial charge on any atom is -0.480 e. The van der Waals surface area contributed by atoms with Crippen molar-refractivity contribution < 1.29 is 14.7 Å². The number of rotatable bonds is 8. The van der Waals surface area contributed by atoms with E-state index in [1.807, 2.05) is 25.1 Å². The minimum absolute atomic E-state index is 0.0425. The van der Waals surface area contributed by atoms with Gasteiger partial charge in [0.25, 0.3) is 0 Å². The number of nitrogens with one attached hydrogen (secondary N) is 1. The molecule has 0 aromatic heterocycles. The van der Waals surface area contributed by atoms with Crippen LogP contribution >= 0.6 is 0 Å². The second-order valence-corrected chi connectivity index (χ2v) is 7.91. The Balaban J connectivity index is 1.68. The fourth-order valence-electron chi connectivity index (χ4n) is 4.69. The van der Waals surface area contributed by atoms with Crippen molar-refractivity contribution >= 4 is 11.9 Å². The van der Waals surface area contributed by atoms with Gasteiger partial charge in [-0.3, -0.25) is 9.69 Å². The van der Waals surface area contributed by atoms with Gasteiger partial charge in [0.2, 0.25) is 5.91 Å². The van der Waals surface area contributed by atoms with E-state index in [0.29, 0.717) is 12.3 Å². The van der Waals surface area contributed by atoms with Gasteiger partial charge < -0.3 is 10.4 Å². The van der Waals surface area contributed by atoms with Crippen molar-refractivity contribution in [3.05, 3.63) is 35.9 Å². The lowest BCUT2D eigenvalue weighted by atomic mass is 9.79. The summed E-state index contributed by atoms with van der Waals surface area (Å²) >= 11 is 0. The van der Waals surface area contributed by atoms with Crippen LogP contribution in [0.2, 0.25) is 0 Å². The molecule has 1 amide bonds. The number of likely N-dealkylation sites (tertiary alicyclic amines) is 1. The van der Waals surface area contributed by atoms with Gasteiger partial charge in [-0.05, 0) is 30.7 Å². The Kier molecular flexibility index (Phi) is 5.97. The Hall–Kier alpha value is -1.88. The summed E-state index contributed by atoms with van der Waals surface area (Å²) < 4.78 is 0. The molecule has 1 aliphatic carbocycles. The first-order valence-corrected chi connectivity index (χ1v) is 9.85. The molecule has 0 spiro atoms. The zero-order valence-electron chi connectivity index (χ0n) is 15.6. The van der Waals surface area contributed by atoms with Crippen LogP contribution in [0.3, 0.4) is 0 Å². The summed E-state index contributed by atoms with van der Waals surface area (Å²) in [6.07, 6.45) is 5.24. The lowest BCUT2D eigenvalue weighted by molar-refractivity contribution is -0.144. The van der Waals surface area contributed by atoms with Gasteiger partial charge in [0.15, 0.2) is 0 Å². The maximum absolute atomic E-state index is 13.1. The third-order valence-electron chi connectivity index (χ3n) is 6.09. The highest BCUT2D eigenvalue weighted by Gasteiger charge is 2.54. The van der Waals surface area contributed by atoms with Crippen molar-refractivity contribution in [2.45, 2.75) is 58.0 Å². The molecule has 1 aliphatic heterocycles. The van der Waals surface area contributed by atoms with Gasteiger partial charge in [-0.25, -0.2) is 4.79 Å². The van der Waals surface area contributed by atoms with Crippen LogP contribution in [-0.4, -0.2) is 41.0 Å². The van der Waals surface area contributed by atoms with Crippen LogP contribution in [0.5, 0.6) is 0 Å². The molecule has 2 aliphatic rings. The molecule has 2 fully saturated rings. The highest BCUT2D eigenvalue weighted by molar-refractivity contribution is 5.88. The molecule has 0 radical (unpaired) electrons. The Bertz CT molecular complexity index is 633. The smallest absolute Gasteiger partial charge is 0.326 e. The number of carboxylic acid groups (broad SMARTS) is 1. The average molecular weight is 358 g/mol. The third-order valence-corrected chi connectivity index (χ3v) is 6.09. The Morgan fingerprint density at radius 1 is 1.35 bits per heavy atom. The fourth-order valence-corrected chi connectivity index (χ4v) is 4.69. The summed E-state index contributed by atoms with van der Waals surface area (Å²) in [5.74, 6) is -0.622. The second-order valence-electron chi connectivity index (χ2n) is 7.91. The van der Waals surface area contributed by atoms with Gasteiger partial charge >= 0.3 is 5.97 Å². The molecule has 5 heteroatoms. The number of unbranched alkanes of at least 4 members (excludes halogenated alkanes) is 1. The maximum atomic E-state index is 13.1. The summed E-state index contributed by atoms with van der Waals surface area (Å²) in [6.45, 7) is 4.54. The molecule has 142 valence electrons. The molecule has 3 rings (SSSR count). The number of carbonyl (C=O) groups is 2. The van der Waals surface area contributed by atoms with Crippen LogP contribution in [0.15, 0.2) is 30.3 Å². The van der Waals surface area contributed by atoms with Crippen LogP contribution in [0, 0.1) is 11.3 Å². The number of hydrogen-bond donors (Lipinski definition) is 2. The van der Waals surface area contributed by atoms with E-state index < -0.39 is 17.4 Å². The van der Waals surface area contributed by atoms with E-state index in [1.54, 1.807) is 0 Å². The largest absolute Gasteiger partial charge is 0.480 e. The quantitative estimate of drug-likeness (QED) is 0.749. The van der Waals surface area contributed by atoms with E-state index in [4.69, 9.17) is 0 Å². The first-order chi connectivity index (χ1) is 12.5. The maximum Gasteiger partial charge on any atom is 0.326 e. The summed E-state index contributed by atoms with van der Waals surface area (Å²) in [6, 6.07) is 9.57. The first-order valence-electron chi connectivity index (χ1n) is 9.85. The average Bonchev–Trinajstić information content (AvgIpc) is 3.17. The summed E-state index contributed by atoms with van der Waals surface area (Å²) in [5, 5.41) is 12.3. The van der Waals surface area contributed by atoms with Crippen molar-refractivity contribution in [1.82, 2.24) is 10.2 Å². The van der Waals surface area contributed by atoms with E-state index in [1.165, 1.54) is 5.56 Å². The van der Waals surface area contributed by atoms with Crippen molar-refractivity contribution in [2.75, 3.05) is 13.1 Å². The second kappa shape index (κ2) is 8.21. The van der Waals surface area contributed by atoms with E-state index in [2.05, 4.69) is 22.3 Å². The van der Waals surface area contributed by atoms with E-state index in [-0.39, 0.29) is 5.91 Å². The molecule has 26 heavy (non-hydrogen) atoms. The van der Waals surface area contributed by atoms with Gasteiger partial charge in [0.1, 0.15) is 6.04 Å². The van der Waals surface area contributed by atoms with Crippen molar-refractivity contribution in [2.24, 2.45) is 11.3 Å². The Morgan fingerprint density at radius 3 is 2.81 bits per heavy atom. The third kappa shape index (κ3) is 3.93. The van der Waals surface area contributed by atoms with Crippen molar-refractivity contribution in [3.63, 3.8) is 0 Å². The first kappa shape index (κ1) is 18.9.